The molecule has 0 saturated heterocycles. The zero-order chi connectivity index (χ0) is 17.2. The fourth-order valence-corrected chi connectivity index (χ4v) is 4.07. The molecule has 0 unspecified atom stereocenters. The predicted molar refractivity (Wildman–Crippen MR) is 98.6 cm³/mol. The van der Waals surface area contributed by atoms with Gasteiger partial charge in [-0.3, -0.25) is 9.59 Å². The molecular weight excluding hydrogens is 314 g/mol. The van der Waals surface area contributed by atoms with Crippen molar-refractivity contribution in [1.29, 1.82) is 0 Å². The molecule has 25 heavy (non-hydrogen) atoms. The van der Waals surface area contributed by atoms with E-state index in [-0.39, 0.29) is 23.9 Å². The molecule has 0 radical (unpaired) electrons. The Labute approximate surface area is 147 Å². The first-order chi connectivity index (χ1) is 12.2. The first-order valence-corrected chi connectivity index (χ1v) is 9.34. The van der Waals surface area contributed by atoms with Crippen LogP contribution in [0.2, 0.25) is 0 Å². The Balaban J connectivity index is 1.39. The van der Waals surface area contributed by atoms with Crippen molar-refractivity contribution in [1.82, 2.24) is 15.2 Å². The molecule has 2 aliphatic carbocycles. The number of para-hydroxylation sites is 1. The van der Waals surface area contributed by atoms with Gasteiger partial charge in [-0.15, -0.1) is 0 Å². The fraction of sp³-hybridized carbons (Fsp3) is 0.500. The minimum Gasteiger partial charge on any atom is -0.350 e. The number of benzene rings is 1. The Kier molecular flexibility index (Phi) is 4.57. The maximum atomic E-state index is 12.5. The summed E-state index contributed by atoms with van der Waals surface area (Å²) in [5, 5.41) is 7.53. The number of fused-ring (bicyclic) bond motifs is 1. The summed E-state index contributed by atoms with van der Waals surface area (Å²) in [6.07, 6.45) is 9.06. The second kappa shape index (κ2) is 7.00. The number of rotatable bonds is 5. The van der Waals surface area contributed by atoms with Crippen molar-refractivity contribution in [2.24, 2.45) is 0 Å². The summed E-state index contributed by atoms with van der Waals surface area (Å²) in [6.45, 7) is 0.243. The van der Waals surface area contributed by atoms with Gasteiger partial charge in [-0.1, -0.05) is 25.0 Å². The molecule has 132 valence electrons. The normalized spacial score (nSPS) is 23.5. The zero-order valence-corrected chi connectivity index (χ0v) is 14.4. The molecule has 2 atom stereocenters. The Hall–Kier alpha value is -2.14. The van der Waals surface area contributed by atoms with Crippen molar-refractivity contribution in [2.75, 3.05) is 0 Å². The minimum absolute atomic E-state index is 0.00733. The summed E-state index contributed by atoms with van der Waals surface area (Å²) in [7, 11) is 0. The topological polar surface area (TPSA) is 63.1 Å². The van der Waals surface area contributed by atoms with Gasteiger partial charge >= 0.3 is 0 Å². The lowest BCUT2D eigenvalue weighted by Gasteiger charge is -2.39. The van der Waals surface area contributed by atoms with Crippen molar-refractivity contribution < 1.29 is 4.79 Å². The molecule has 0 aliphatic heterocycles. The van der Waals surface area contributed by atoms with Crippen LogP contribution >= 0.6 is 0 Å². The van der Waals surface area contributed by atoms with E-state index < -0.39 is 0 Å². The average molecular weight is 339 g/mol. The van der Waals surface area contributed by atoms with Crippen molar-refractivity contribution in [3.63, 3.8) is 0 Å². The lowest BCUT2D eigenvalue weighted by Crippen LogP contribution is -2.59. The van der Waals surface area contributed by atoms with Gasteiger partial charge in [0.2, 0.25) is 5.91 Å². The Morgan fingerprint density at radius 1 is 1.04 bits per heavy atom. The SMILES string of the molecule is O=C(Cn1ccc(=O)c2ccccc21)N[C@H]1CC[C@H]1NC1CCCC1. The molecule has 1 heterocycles. The van der Waals surface area contributed by atoms with Crippen LogP contribution < -0.4 is 16.1 Å². The van der Waals surface area contributed by atoms with Gasteiger partial charge in [0.1, 0.15) is 6.54 Å². The van der Waals surface area contributed by atoms with Gasteiger partial charge in [-0.05, 0) is 37.8 Å². The van der Waals surface area contributed by atoms with Gasteiger partial charge in [0, 0.05) is 35.8 Å². The molecule has 1 amide bonds. The third-order valence-electron chi connectivity index (χ3n) is 5.62. The van der Waals surface area contributed by atoms with E-state index in [2.05, 4.69) is 10.6 Å². The first kappa shape index (κ1) is 16.3. The molecule has 2 saturated carbocycles. The van der Waals surface area contributed by atoms with Crippen LogP contribution in [0.1, 0.15) is 38.5 Å². The number of hydrogen-bond donors (Lipinski definition) is 2. The minimum atomic E-state index is -0.00733. The maximum absolute atomic E-state index is 12.5. The highest BCUT2D eigenvalue weighted by atomic mass is 16.2. The highest BCUT2D eigenvalue weighted by Crippen LogP contribution is 2.25. The van der Waals surface area contributed by atoms with E-state index in [1.807, 2.05) is 22.8 Å². The fourth-order valence-electron chi connectivity index (χ4n) is 4.07. The molecule has 4 rings (SSSR count). The molecule has 1 aromatic carbocycles. The summed E-state index contributed by atoms with van der Waals surface area (Å²) in [4.78, 5) is 24.4. The maximum Gasteiger partial charge on any atom is 0.240 e. The van der Waals surface area contributed by atoms with Crippen LogP contribution in [0.15, 0.2) is 41.3 Å². The molecule has 0 bridgehead atoms. The number of carbonyl (C=O) groups excluding carboxylic acids is 1. The lowest BCUT2D eigenvalue weighted by molar-refractivity contribution is -0.123. The standard InChI is InChI=1S/C20H25N3O2/c24-19-11-12-23(18-8-4-3-7-15(18)19)13-20(25)22-17-10-9-16(17)21-14-5-1-2-6-14/h3-4,7-8,11-12,14,16-17,21H,1-2,5-6,9-10,13H2,(H,22,25)/t16-,17+/m1/s1. The molecule has 5 nitrogen and oxygen atoms in total. The third-order valence-corrected chi connectivity index (χ3v) is 5.62. The van der Waals surface area contributed by atoms with E-state index in [0.717, 1.165) is 18.4 Å². The highest BCUT2D eigenvalue weighted by Gasteiger charge is 2.33. The van der Waals surface area contributed by atoms with Gasteiger partial charge in [0.05, 0.1) is 5.52 Å². The molecule has 2 aliphatic rings. The van der Waals surface area contributed by atoms with Gasteiger partial charge in [0.15, 0.2) is 5.43 Å². The summed E-state index contributed by atoms with van der Waals surface area (Å²) in [6, 6.07) is 10.2. The Bertz CT molecular complexity index is 823. The number of carbonyl (C=O) groups is 1. The third kappa shape index (κ3) is 3.47. The van der Waals surface area contributed by atoms with Gasteiger partial charge in [0.25, 0.3) is 0 Å². The second-order valence-electron chi connectivity index (χ2n) is 7.33. The molecule has 0 spiro atoms. The van der Waals surface area contributed by atoms with Crippen LogP contribution in [0.3, 0.4) is 0 Å². The molecule has 2 N–H and O–H groups in total. The monoisotopic (exact) mass is 339 g/mol. The van der Waals surface area contributed by atoms with E-state index in [0.29, 0.717) is 17.5 Å². The summed E-state index contributed by atoms with van der Waals surface area (Å²) >= 11 is 0. The van der Waals surface area contributed by atoms with Gasteiger partial charge in [-0.2, -0.15) is 0 Å². The molecule has 2 aromatic rings. The van der Waals surface area contributed by atoms with Crippen LogP contribution in [-0.4, -0.2) is 28.6 Å². The van der Waals surface area contributed by atoms with Gasteiger partial charge in [-0.25, -0.2) is 0 Å². The lowest BCUT2D eigenvalue weighted by atomic mass is 9.85. The summed E-state index contributed by atoms with van der Waals surface area (Å²) in [5.41, 5.74) is 0.798. The number of nitrogens with one attached hydrogen (secondary N) is 2. The second-order valence-corrected chi connectivity index (χ2v) is 7.33. The van der Waals surface area contributed by atoms with Crippen molar-refractivity contribution in [2.45, 2.75) is 63.2 Å². The van der Waals surface area contributed by atoms with E-state index >= 15 is 0 Å². The number of aromatic nitrogens is 1. The van der Waals surface area contributed by atoms with Crippen LogP contribution in [-0.2, 0) is 11.3 Å². The van der Waals surface area contributed by atoms with Crippen LogP contribution in [0.5, 0.6) is 0 Å². The largest absolute Gasteiger partial charge is 0.350 e. The molecular formula is C20H25N3O2. The number of hydrogen-bond acceptors (Lipinski definition) is 3. The van der Waals surface area contributed by atoms with Crippen LogP contribution in [0.4, 0.5) is 0 Å². The van der Waals surface area contributed by atoms with Crippen molar-refractivity contribution in [3.8, 4) is 0 Å². The van der Waals surface area contributed by atoms with Crippen molar-refractivity contribution in [3.05, 3.63) is 46.8 Å². The van der Waals surface area contributed by atoms with Crippen molar-refractivity contribution >= 4 is 16.8 Å². The zero-order valence-electron chi connectivity index (χ0n) is 14.4. The quantitative estimate of drug-likeness (QED) is 0.878. The van der Waals surface area contributed by atoms with Crippen LogP contribution in [0.25, 0.3) is 10.9 Å². The van der Waals surface area contributed by atoms with Crippen LogP contribution in [0, 0.1) is 0 Å². The molecule has 2 fully saturated rings. The first-order valence-electron chi connectivity index (χ1n) is 9.34. The predicted octanol–water partition coefficient (Wildman–Crippen LogP) is 2.18. The smallest absolute Gasteiger partial charge is 0.240 e. The van der Waals surface area contributed by atoms with E-state index in [1.165, 1.54) is 31.7 Å². The molecule has 5 heteroatoms. The average Bonchev–Trinajstić information content (AvgIpc) is 3.13. The van der Waals surface area contributed by atoms with Gasteiger partial charge < -0.3 is 15.2 Å². The van der Waals surface area contributed by atoms with E-state index in [9.17, 15) is 9.59 Å². The Morgan fingerprint density at radius 3 is 2.56 bits per heavy atom. The summed E-state index contributed by atoms with van der Waals surface area (Å²) in [5.74, 6) is 0.0109. The van der Waals surface area contributed by atoms with E-state index in [4.69, 9.17) is 0 Å². The van der Waals surface area contributed by atoms with E-state index in [1.54, 1.807) is 12.3 Å². The highest BCUT2D eigenvalue weighted by molar-refractivity contribution is 5.82. The number of pyridine rings is 1. The molecule has 1 aromatic heterocycles. The summed E-state index contributed by atoms with van der Waals surface area (Å²) < 4.78 is 1.85. The number of amides is 1. The number of nitrogens with zero attached hydrogens (tertiary/aromatic N) is 1. The Morgan fingerprint density at radius 2 is 1.80 bits per heavy atom.